The number of hydrogen-bond acceptors (Lipinski definition) is 8. The molecule has 0 aliphatic carbocycles. The van der Waals surface area contributed by atoms with Crippen LogP contribution in [0.5, 0.6) is 5.75 Å². The zero-order valence-corrected chi connectivity index (χ0v) is 18.5. The summed E-state index contributed by atoms with van der Waals surface area (Å²) in [5, 5.41) is 3.48. The molecule has 0 saturated carbocycles. The first-order valence-corrected chi connectivity index (χ1v) is 10.8. The van der Waals surface area contributed by atoms with Crippen LogP contribution in [0, 0.1) is 0 Å². The van der Waals surface area contributed by atoms with Gasteiger partial charge in [-0.1, -0.05) is 11.3 Å². The van der Waals surface area contributed by atoms with E-state index in [-0.39, 0.29) is 18.8 Å². The molecule has 0 aliphatic rings. The molecule has 0 saturated heterocycles. The second kappa shape index (κ2) is 9.17. The Morgan fingerprint density at radius 3 is 2.68 bits per heavy atom. The summed E-state index contributed by atoms with van der Waals surface area (Å²) in [6, 6.07) is 8.80. The number of imidazole rings is 1. The summed E-state index contributed by atoms with van der Waals surface area (Å²) in [6.07, 6.45) is -4.31. The van der Waals surface area contributed by atoms with Crippen molar-refractivity contribution in [2.24, 2.45) is 12.8 Å². The first-order valence-electron chi connectivity index (χ1n) is 9.94. The molecule has 0 fully saturated rings. The van der Waals surface area contributed by atoms with Crippen molar-refractivity contribution in [2.45, 2.75) is 19.2 Å². The van der Waals surface area contributed by atoms with Gasteiger partial charge in [0.1, 0.15) is 5.75 Å². The van der Waals surface area contributed by atoms with Crippen LogP contribution in [-0.2, 0) is 16.6 Å². The Morgan fingerprint density at radius 2 is 1.94 bits per heavy atom. The van der Waals surface area contributed by atoms with Crippen LogP contribution in [0.4, 0.5) is 24.3 Å². The molecule has 2 heterocycles. The molecule has 34 heavy (non-hydrogen) atoms. The van der Waals surface area contributed by atoms with Crippen LogP contribution in [0.2, 0.25) is 0 Å². The first-order chi connectivity index (χ1) is 16.1. The van der Waals surface area contributed by atoms with Gasteiger partial charge in [-0.05, 0) is 36.8 Å². The number of nitrogens with one attached hydrogen (secondary N) is 1. The molecule has 1 amide bonds. The number of rotatable bonds is 8. The van der Waals surface area contributed by atoms with Crippen molar-refractivity contribution in [3.63, 3.8) is 0 Å². The minimum atomic E-state index is -4.78. The molecule has 0 aliphatic heterocycles. The normalized spacial score (nSPS) is 11.6. The number of aryl methyl sites for hydroxylation is 1. The third-order valence-electron chi connectivity index (χ3n) is 4.73. The molecular formula is C21H18F3N5O4S. The number of ether oxygens (including phenoxy) is 2. The van der Waals surface area contributed by atoms with E-state index >= 15 is 0 Å². The van der Waals surface area contributed by atoms with Crippen LogP contribution >= 0.6 is 11.3 Å². The number of hydrogen-bond donors (Lipinski definition) is 2. The molecule has 0 bridgehead atoms. The minimum absolute atomic E-state index is 0.0716. The number of nitrogens with zero attached hydrogens (tertiary/aromatic N) is 3. The maximum atomic E-state index is 12.5. The van der Waals surface area contributed by atoms with Gasteiger partial charge in [-0.3, -0.25) is 4.79 Å². The standard InChI is InChI=1S/C21H18F3N5O4S/c1-29-15-7-4-11(18(31)32-8-2-3-17(25)30)9-14(15)26-19(29)28-20-27-13-6-5-12(10-16(13)34-20)33-21(22,23)24/h4-7,9-10H,2-3,8H2,1H3,(H2,25,30)(H,26,27,28). The Balaban J connectivity index is 1.51. The van der Waals surface area contributed by atoms with Crippen molar-refractivity contribution >= 4 is 55.5 Å². The van der Waals surface area contributed by atoms with Gasteiger partial charge in [0.15, 0.2) is 5.13 Å². The van der Waals surface area contributed by atoms with Crippen molar-refractivity contribution in [1.82, 2.24) is 14.5 Å². The molecule has 3 N–H and O–H groups in total. The van der Waals surface area contributed by atoms with E-state index in [1.165, 1.54) is 18.2 Å². The second-order valence-corrected chi connectivity index (χ2v) is 8.26. The Kier molecular flexibility index (Phi) is 6.28. The Hall–Kier alpha value is -3.87. The fourth-order valence-corrected chi connectivity index (χ4v) is 4.07. The van der Waals surface area contributed by atoms with Gasteiger partial charge < -0.3 is 25.1 Å². The van der Waals surface area contributed by atoms with Gasteiger partial charge in [-0.15, -0.1) is 13.2 Å². The average Bonchev–Trinajstić information content (AvgIpc) is 3.29. The predicted octanol–water partition coefficient (Wildman–Crippen LogP) is 4.25. The number of primary amides is 1. The van der Waals surface area contributed by atoms with Crippen molar-refractivity contribution in [1.29, 1.82) is 0 Å². The number of nitrogens with two attached hydrogens (primary N) is 1. The molecule has 0 radical (unpaired) electrons. The highest BCUT2D eigenvalue weighted by atomic mass is 32.1. The molecule has 2 aromatic heterocycles. The molecule has 4 rings (SSSR count). The molecule has 178 valence electrons. The van der Waals surface area contributed by atoms with Gasteiger partial charge in [0, 0.05) is 19.5 Å². The molecule has 0 unspecified atom stereocenters. The van der Waals surface area contributed by atoms with Crippen LogP contribution in [0.1, 0.15) is 23.2 Å². The number of alkyl halides is 3. The number of thiazole rings is 1. The second-order valence-electron chi connectivity index (χ2n) is 7.23. The van der Waals surface area contributed by atoms with E-state index in [4.69, 9.17) is 10.5 Å². The number of fused-ring (bicyclic) bond motifs is 2. The van der Waals surface area contributed by atoms with E-state index < -0.39 is 18.2 Å². The van der Waals surface area contributed by atoms with Crippen LogP contribution in [-0.4, -0.2) is 39.4 Å². The maximum Gasteiger partial charge on any atom is 0.573 e. The van der Waals surface area contributed by atoms with Gasteiger partial charge in [-0.2, -0.15) is 0 Å². The predicted molar refractivity (Wildman–Crippen MR) is 119 cm³/mol. The van der Waals surface area contributed by atoms with Gasteiger partial charge in [0.25, 0.3) is 0 Å². The largest absolute Gasteiger partial charge is 0.573 e. The number of amides is 1. The van der Waals surface area contributed by atoms with Crippen molar-refractivity contribution in [3.05, 3.63) is 42.0 Å². The molecule has 4 aromatic rings. The molecule has 0 spiro atoms. The van der Waals surface area contributed by atoms with Crippen LogP contribution in [0.25, 0.3) is 21.3 Å². The Labute approximate surface area is 194 Å². The number of aromatic nitrogens is 3. The highest BCUT2D eigenvalue weighted by Crippen LogP contribution is 2.33. The number of halogens is 3. The zero-order valence-electron chi connectivity index (χ0n) is 17.7. The highest BCUT2D eigenvalue weighted by Gasteiger charge is 2.31. The summed E-state index contributed by atoms with van der Waals surface area (Å²) in [5.74, 6) is -0.913. The number of benzene rings is 2. The summed E-state index contributed by atoms with van der Waals surface area (Å²) >= 11 is 1.14. The summed E-state index contributed by atoms with van der Waals surface area (Å²) in [4.78, 5) is 31.9. The van der Waals surface area contributed by atoms with Gasteiger partial charge in [0.2, 0.25) is 11.9 Å². The van der Waals surface area contributed by atoms with E-state index in [1.807, 2.05) is 0 Å². The Bertz CT molecular complexity index is 1380. The fraction of sp³-hybridized carbons (Fsp3) is 0.238. The topological polar surface area (TPSA) is 121 Å². The zero-order chi connectivity index (χ0) is 24.5. The summed E-state index contributed by atoms with van der Waals surface area (Å²) < 4.78 is 48.7. The third kappa shape index (κ3) is 5.36. The lowest BCUT2D eigenvalue weighted by Crippen LogP contribution is -2.16. The summed E-state index contributed by atoms with van der Waals surface area (Å²) in [7, 11) is 1.77. The van der Waals surface area contributed by atoms with E-state index in [0.29, 0.717) is 38.8 Å². The van der Waals surface area contributed by atoms with Crippen LogP contribution in [0.3, 0.4) is 0 Å². The quantitative estimate of drug-likeness (QED) is 0.278. The maximum absolute atomic E-state index is 12.5. The molecular weight excluding hydrogens is 475 g/mol. The van der Waals surface area contributed by atoms with Gasteiger partial charge in [0.05, 0.1) is 33.4 Å². The van der Waals surface area contributed by atoms with Crippen molar-refractivity contribution in [2.75, 3.05) is 11.9 Å². The van der Waals surface area contributed by atoms with Crippen molar-refractivity contribution in [3.8, 4) is 5.75 Å². The van der Waals surface area contributed by atoms with Gasteiger partial charge >= 0.3 is 12.3 Å². The van der Waals surface area contributed by atoms with E-state index in [2.05, 4.69) is 20.0 Å². The monoisotopic (exact) mass is 493 g/mol. The number of carbonyl (C=O) groups is 2. The first kappa shape index (κ1) is 23.3. The number of esters is 1. The highest BCUT2D eigenvalue weighted by molar-refractivity contribution is 7.22. The SMILES string of the molecule is Cn1c(Nc2nc3ccc(OC(F)(F)F)cc3s2)nc2cc(C(=O)OCCCC(N)=O)ccc21. The lowest BCUT2D eigenvalue weighted by Gasteiger charge is -2.07. The third-order valence-corrected chi connectivity index (χ3v) is 5.66. The number of carbonyl (C=O) groups excluding carboxylic acids is 2. The summed E-state index contributed by atoms with van der Waals surface area (Å²) in [5.41, 5.74) is 7.12. The minimum Gasteiger partial charge on any atom is -0.462 e. The van der Waals surface area contributed by atoms with E-state index in [1.54, 1.807) is 29.8 Å². The van der Waals surface area contributed by atoms with E-state index in [0.717, 1.165) is 16.9 Å². The molecule has 0 atom stereocenters. The molecule has 13 heteroatoms. The molecule has 9 nitrogen and oxygen atoms in total. The van der Waals surface area contributed by atoms with E-state index in [9.17, 15) is 22.8 Å². The van der Waals surface area contributed by atoms with Gasteiger partial charge in [-0.25, -0.2) is 14.8 Å². The fourth-order valence-electron chi connectivity index (χ4n) is 3.18. The Morgan fingerprint density at radius 1 is 1.15 bits per heavy atom. The van der Waals surface area contributed by atoms with Crippen molar-refractivity contribution < 1.29 is 32.2 Å². The average molecular weight is 493 g/mol. The molecule has 2 aromatic carbocycles. The van der Waals surface area contributed by atoms with Crippen LogP contribution < -0.4 is 15.8 Å². The lowest BCUT2D eigenvalue weighted by molar-refractivity contribution is -0.274. The number of anilines is 2. The summed E-state index contributed by atoms with van der Waals surface area (Å²) in [6.45, 7) is 0.0716. The smallest absolute Gasteiger partial charge is 0.462 e. The lowest BCUT2D eigenvalue weighted by atomic mass is 10.2. The van der Waals surface area contributed by atoms with Crippen LogP contribution in [0.15, 0.2) is 36.4 Å².